The van der Waals surface area contributed by atoms with Gasteiger partial charge in [0.05, 0.1) is 22.2 Å². The second-order valence-electron chi connectivity index (χ2n) is 6.84. The Morgan fingerprint density at radius 3 is 2.16 bits per heavy atom. The van der Waals surface area contributed by atoms with Gasteiger partial charge in [0.2, 0.25) is 5.91 Å². The molecule has 10 heteroatoms. The number of carbonyl (C=O) groups excluding carboxylic acids is 2. The van der Waals surface area contributed by atoms with E-state index < -0.39 is 22.7 Å². The van der Waals surface area contributed by atoms with Gasteiger partial charge in [0, 0.05) is 26.2 Å². The number of nitrogens with zero attached hydrogens (tertiary/aromatic N) is 3. The SMILES string of the molecule is CCOC(=O)N1CCN(C(=O)CN(c2ccccc2Cl)S(=O)(=O)c2ccccc2)CC1. The van der Waals surface area contributed by atoms with Gasteiger partial charge in [0.15, 0.2) is 0 Å². The summed E-state index contributed by atoms with van der Waals surface area (Å²) >= 11 is 6.28. The van der Waals surface area contributed by atoms with Crippen LogP contribution in [0.2, 0.25) is 5.02 Å². The maximum atomic E-state index is 13.3. The highest BCUT2D eigenvalue weighted by Crippen LogP contribution is 2.30. The molecule has 1 heterocycles. The van der Waals surface area contributed by atoms with Crippen LogP contribution in [-0.2, 0) is 19.6 Å². The maximum absolute atomic E-state index is 13.3. The van der Waals surface area contributed by atoms with Crippen LogP contribution in [0.1, 0.15) is 6.92 Å². The highest BCUT2D eigenvalue weighted by atomic mass is 35.5. The van der Waals surface area contributed by atoms with E-state index in [4.69, 9.17) is 16.3 Å². The standard InChI is InChI=1S/C21H24ClN3O5S/c1-2-30-21(27)24-14-12-23(13-15-24)20(26)16-25(19-11-7-6-10-18(19)22)31(28,29)17-8-4-3-5-9-17/h3-11H,2,12-16H2,1H3. The summed E-state index contributed by atoms with van der Waals surface area (Å²) in [6, 6.07) is 14.4. The molecule has 0 aliphatic carbocycles. The van der Waals surface area contributed by atoms with Gasteiger partial charge in [-0.25, -0.2) is 13.2 Å². The van der Waals surface area contributed by atoms with Crippen molar-refractivity contribution < 1.29 is 22.7 Å². The van der Waals surface area contributed by atoms with E-state index in [1.54, 1.807) is 54.3 Å². The highest BCUT2D eigenvalue weighted by Gasteiger charge is 2.32. The second-order valence-corrected chi connectivity index (χ2v) is 9.11. The minimum absolute atomic E-state index is 0.0647. The molecule has 31 heavy (non-hydrogen) atoms. The number of hydrogen-bond acceptors (Lipinski definition) is 5. The van der Waals surface area contributed by atoms with E-state index in [-0.39, 0.29) is 28.1 Å². The molecule has 0 bridgehead atoms. The molecule has 0 unspecified atom stereocenters. The van der Waals surface area contributed by atoms with Crippen LogP contribution in [0.15, 0.2) is 59.5 Å². The lowest BCUT2D eigenvalue weighted by atomic mass is 10.3. The van der Waals surface area contributed by atoms with Crippen LogP contribution >= 0.6 is 11.6 Å². The first-order valence-corrected chi connectivity index (χ1v) is 11.7. The molecule has 1 saturated heterocycles. The molecule has 8 nitrogen and oxygen atoms in total. The van der Waals surface area contributed by atoms with Crippen LogP contribution in [0.3, 0.4) is 0 Å². The third-order valence-electron chi connectivity index (χ3n) is 4.89. The summed E-state index contributed by atoms with van der Waals surface area (Å²) in [4.78, 5) is 28.0. The number of para-hydroxylation sites is 1. The minimum atomic E-state index is -4.03. The van der Waals surface area contributed by atoms with E-state index in [0.29, 0.717) is 26.2 Å². The number of benzene rings is 2. The van der Waals surface area contributed by atoms with Crippen LogP contribution < -0.4 is 4.31 Å². The number of rotatable bonds is 6. The molecule has 0 spiro atoms. The Bertz CT molecular complexity index is 1020. The molecule has 2 amide bonds. The van der Waals surface area contributed by atoms with Crippen LogP contribution in [-0.4, -0.2) is 69.5 Å². The molecular formula is C21H24ClN3O5S. The van der Waals surface area contributed by atoms with Crippen molar-refractivity contribution in [3.63, 3.8) is 0 Å². The number of ether oxygens (including phenoxy) is 1. The van der Waals surface area contributed by atoms with Crippen molar-refractivity contribution in [3.8, 4) is 0 Å². The molecule has 0 saturated carbocycles. The number of halogens is 1. The zero-order chi connectivity index (χ0) is 22.4. The Labute approximate surface area is 187 Å². The minimum Gasteiger partial charge on any atom is -0.450 e. The molecule has 1 aliphatic heterocycles. The van der Waals surface area contributed by atoms with Gasteiger partial charge < -0.3 is 14.5 Å². The molecule has 166 valence electrons. The number of anilines is 1. The third-order valence-corrected chi connectivity index (χ3v) is 6.98. The van der Waals surface area contributed by atoms with Crippen LogP contribution in [0.5, 0.6) is 0 Å². The number of hydrogen-bond donors (Lipinski definition) is 0. The Kier molecular flexibility index (Phi) is 7.40. The fourth-order valence-corrected chi connectivity index (χ4v) is 4.99. The Morgan fingerprint density at radius 1 is 0.968 bits per heavy atom. The second kappa shape index (κ2) is 10.0. The fraction of sp³-hybridized carbons (Fsp3) is 0.333. The lowest BCUT2D eigenvalue weighted by molar-refractivity contribution is -0.131. The Morgan fingerprint density at radius 2 is 1.55 bits per heavy atom. The molecule has 0 radical (unpaired) electrons. The van der Waals surface area contributed by atoms with Crippen molar-refractivity contribution >= 4 is 39.3 Å². The van der Waals surface area contributed by atoms with E-state index in [2.05, 4.69) is 0 Å². The molecule has 0 N–H and O–H groups in total. The first-order valence-electron chi connectivity index (χ1n) is 9.86. The lowest BCUT2D eigenvalue weighted by Crippen LogP contribution is -2.53. The summed E-state index contributed by atoms with van der Waals surface area (Å²) < 4.78 is 32.7. The van der Waals surface area contributed by atoms with Crippen LogP contribution in [0.25, 0.3) is 0 Å². The molecule has 1 fully saturated rings. The average Bonchev–Trinajstić information content (AvgIpc) is 2.78. The van der Waals surface area contributed by atoms with Crippen LogP contribution in [0, 0.1) is 0 Å². The largest absolute Gasteiger partial charge is 0.450 e. The van der Waals surface area contributed by atoms with Gasteiger partial charge >= 0.3 is 6.09 Å². The van der Waals surface area contributed by atoms with Crippen LogP contribution in [0.4, 0.5) is 10.5 Å². The van der Waals surface area contributed by atoms with E-state index in [1.165, 1.54) is 17.0 Å². The summed E-state index contributed by atoms with van der Waals surface area (Å²) in [7, 11) is -4.03. The Balaban J connectivity index is 1.81. The summed E-state index contributed by atoms with van der Waals surface area (Å²) in [6.45, 7) is 2.83. The van der Waals surface area contributed by atoms with Gasteiger partial charge in [-0.15, -0.1) is 0 Å². The summed E-state index contributed by atoms with van der Waals surface area (Å²) in [5, 5.41) is 0.224. The zero-order valence-electron chi connectivity index (χ0n) is 17.1. The molecular weight excluding hydrogens is 442 g/mol. The molecule has 3 rings (SSSR count). The predicted molar refractivity (Wildman–Crippen MR) is 118 cm³/mol. The lowest BCUT2D eigenvalue weighted by Gasteiger charge is -2.35. The Hall–Kier alpha value is -2.78. The van der Waals surface area contributed by atoms with Crippen molar-refractivity contribution in [3.05, 3.63) is 59.6 Å². The average molecular weight is 466 g/mol. The molecule has 1 aliphatic rings. The summed E-state index contributed by atoms with van der Waals surface area (Å²) in [6.07, 6.45) is -0.418. The van der Waals surface area contributed by atoms with Gasteiger partial charge in [-0.1, -0.05) is 41.9 Å². The molecule has 0 atom stereocenters. The first kappa shape index (κ1) is 22.9. The van der Waals surface area contributed by atoms with Gasteiger partial charge in [-0.05, 0) is 31.2 Å². The number of amides is 2. The molecule has 0 aromatic heterocycles. The zero-order valence-corrected chi connectivity index (χ0v) is 18.7. The number of sulfonamides is 1. The predicted octanol–water partition coefficient (Wildman–Crippen LogP) is 2.84. The van der Waals surface area contributed by atoms with Crippen molar-refractivity contribution in [2.24, 2.45) is 0 Å². The topological polar surface area (TPSA) is 87.2 Å². The van der Waals surface area contributed by atoms with Gasteiger partial charge in [0.1, 0.15) is 6.54 Å². The smallest absolute Gasteiger partial charge is 0.409 e. The fourth-order valence-electron chi connectivity index (χ4n) is 3.25. The number of piperazine rings is 1. The van der Waals surface area contributed by atoms with E-state index in [9.17, 15) is 18.0 Å². The van der Waals surface area contributed by atoms with E-state index in [1.807, 2.05) is 0 Å². The van der Waals surface area contributed by atoms with Crippen molar-refractivity contribution in [2.75, 3.05) is 43.6 Å². The van der Waals surface area contributed by atoms with Gasteiger partial charge in [-0.3, -0.25) is 9.10 Å². The molecule has 2 aromatic rings. The quantitative estimate of drug-likeness (QED) is 0.654. The van der Waals surface area contributed by atoms with Crippen molar-refractivity contribution in [2.45, 2.75) is 11.8 Å². The van der Waals surface area contributed by atoms with Crippen molar-refractivity contribution in [1.82, 2.24) is 9.80 Å². The summed E-state index contributed by atoms with van der Waals surface area (Å²) in [5.41, 5.74) is 0.228. The van der Waals surface area contributed by atoms with Gasteiger partial charge in [0.25, 0.3) is 10.0 Å². The van der Waals surface area contributed by atoms with E-state index in [0.717, 1.165) is 4.31 Å². The normalized spacial score (nSPS) is 14.3. The third kappa shape index (κ3) is 5.29. The highest BCUT2D eigenvalue weighted by molar-refractivity contribution is 7.92. The van der Waals surface area contributed by atoms with Crippen molar-refractivity contribution in [1.29, 1.82) is 0 Å². The maximum Gasteiger partial charge on any atom is 0.409 e. The van der Waals surface area contributed by atoms with Gasteiger partial charge in [-0.2, -0.15) is 0 Å². The monoisotopic (exact) mass is 465 g/mol. The number of carbonyl (C=O) groups is 2. The summed E-state index contributed by atoms with van der Waals surface area (Å²) in [5.74, 6) is -0.372. The molecule has 2 aromatic carbocycles. The first-order chi connectivity index (χ1) is 14.8. The van der Waals surface area contributed by atoms with E-state index >= 15 is 0 Å².